The van der Waals surface area contributed by atoms with E-state index in [0.717, 1.165) is 30.2 Å². The van der Waals surface area contributed by atoms with E-state index in [-0.39, 0.29) is 23.1 Å². The van der Waals surface area contributed by atoms with Crippen LogP contribution in [0.15, 0.2) is 36.5 Å². The second-order valence-corrected chi connectivity index (χ2v) is 7.01. The lowest BCUT2D eigenvalue weighted by Crippen LogP contribution is -2.41. The van der Waals surface area contributed by atoms with Crippen LogP contribution < -0.4 is 4.90 Å². The SMILES string of the molecule is CCC1CCCCN1c1c(-c2ccc(F)cc2)nc2ccnn2c1C(F)(F)F. The van der Waals surface area contributed by atoms with Crippen molar-refractivity contribution in [3.8, 4) is 11.3 Å². The van der Waals surface area contributed by atoms with Gasteiger partial charge in [-0.05, 0) is 49.9 Å². The van der Waals surface area contributed by atoms with Gasteiger partial charge in [0.1, 0.15) is 5.82 Å². The molecule has 0 N–H and O–H groups in total. The second kappa shape index (κ2) is 7.07. The molecule has 4 nitrogen and oxygen atoms in total. The van der Waals surface area contributed by atoms with Crippen LogP contribution in [0.25, 0.3) is 16.9 Å². The van der Waals surface area contributed by atoms with Crippen molar-refractivity contribution in [2.75, 3.05) is 11.4 Å². The zero-order chi connectivity index (χ0) is 19.9. The molecular weight excluding hydrogens is 372 g/mol. The number of halogens is 4. The zero-order valence-corrected chi connectivity index (χ0v) is 15.4. The number of fused-ring (bicyclic) bond motifs is 1. The Kier molecular flexibility index (Phi) is 4.72. The quantitative estimate of drug-likeness (QED) is 0.566. The maximum atomic E-state index is 14.2. The molecule has 4 rings (SSSR count). The fourth-order valence-corrected chi connectivity index (χ4v) is 3.99. The first-order valence-corrected chi connectivity index (χ1v) is 9.37. The van der Waals surface area contributed by atoms with E-state index in [9.17, 15) is 17.6 Å². The molecule has 1 aliphatic rings. The number of nitrogens with zero attached hydrogens (tertiary/aromatic N) is 4. The molecule has 1 saturated heterocycles. The predicted octanol–water partition coefficient (Wildman–Crippen LogP) is 5.32. The van der Waals surface area contributed by atoms with Crippen molar-refractivity contribution in [2.24, 2.45) is 0 Å². The second-order valence-electron chi connectivity index (χ2n) is 7.01. The smallest absolute Gasteiger partial charge is 0.365 e. The summed E-state index contributed by atoms with van der Waals surface area (Å²) in [6.45, 7) is 2.50. The van der Waals surface area contributed by atoms with E-state index in [4.69, 9.17) is 0 Å². The Morgan fingerprint density at radius 3 is 2.54 bits per heavy atom. The van der Waals surface area contributed by atoms with Crippen LogP contribution in [0.3, 0.4) is 0 Å². The summed E-state index contributed by atoms with van der Waals surface area (Å²) in [6.07, 6.45) is 0.0505. The summed E-state index contributed by atoms with van der Waals surface area (Å²) >= 11 is 0. The molecule has 28 heavy (non-hydrogen) atoms. The largest absolute Gasteiger partial charge is 0.435 e. The molecule has 1 atom stereocenters. The van der Waals surface area contributed by atoms with E-state index >= 15 is 0 Å². The van der Waals surface area contributed by atoms with Crippen molar-refractivity contribution in [3.05, 3.63) is 48.0 Å². The summed E-state index contributed by atoms with van der Waals surface area (Å²) in [5.74, 6) is -0.448. The lowest BCUT2D eigenvalue weighted by atomic mass is 9.97. The van der Waals surface area contributed by atoms with Gasteiger partial charge in [0.05, 0.1) is 17.6 Å². The Labute approximate surface area is 159 Å². The highest BCUT2D eigenvalue weighted by molar-refractivity contribution is 5.79. The maximum absolute atomic E-state index is 14.2. The van der Waals surface area contributed by atoms with Gasteiger partial charge in [0.2, 0.25) is 0 Å². The van der Waals surface area contributed by atoms with Gasteiger partial charge in [-0.3, -0.25) is 0 Å². The Balaban J connectivity index is 2.05. The van der Waals surface area contributed by atoms with Crippen molar-refractivity contribution in [3.63, 3.8) is 0 Å². The van der Waals surface area contributed by atoms with Gasteiger partial charge in [0.15, 0.2) is 11.3 Å². The molecule has 1 fully saturated rings. The molecule has 0 spiro atoms. The third-order valence-corrected chi connectivity index (χ3v) is 5.28. The topological polar surface area (TPSA) is 33.4 Å². The fourth-order valence-electron chi connectivity index (χ4n) is 3.99. The molecule has 0 amide bonds. The summed E-state index contributed by atoms with van der Waals surface area (Å²) in [6, 6.07) is 6.85. The van der Waals surface area contributed by atoms with E-state index in [0.29, 0.717) is 12.1 Å². The Morgan fingerprint density at radius 2 is 1.86 bits per heavy atom. The van der Waals surface area contributed by atoms with Crippen LogP contribution in [-0.4, -0.2) is 27.2 Å². The van der Waals surface area contributed by atoms with Gasteiger partial charge in [-0.25, -0.2) is 13.9 Å². The van der Waals surface area contributed by atoms with Crippen LogP contribution in [0.1, 0.15) is 38.3 Å². The molecule has 3 aromatic rings. The van der Waals surface area contributed by atoms with E-state index in [1.165, 1.54) is 36.5 Å². The molecule has 0 saturated carbocycles. The lowest BCUT2D eigenvalue weighted by molar-refractivity contribution is -0.142. The lowest BCUT2D eigenvalue weighted by Gasteiger charge is -2.39. The number of benzene rings is 1. The zero-order valence-electron chi connectivity index (χ0n) is 15.4. The Hall–Kier alpha value is -2.64. The standard InChI is InChI=1S/C20H20F4N4/c1-2-15-5-3-4-12-27(15)18-17(13-6-8-14(21)9-7-13)26-16-10-11-25-28(16)19(18)20(22,23)24/h6-11,15H,2-5,12H2,1H3. The minimum atomic E-state index is -4.62. The van der Waals surface area contributed by atoms with Crippen molar-refractivity contribution < 1.29 is 17.6 Å². The van der Waals surface area contributed by atoms with Crippen LogP contribution in [0.5, 0.6) is 0 Å². The number of hydrogen-bond acceptors (Lipinski definition) is 3. The number of hydrogen-bond donors (Lipinski definition) is 0. The van der Waals surface area contributed by atoms with E-state index in [1.807, 2.05) is 11.8 Å². The molecule has 0 aliphatic carbocycles. The predicted molar refractivity (Wildman–Crippen MR) is 98.7 cm³/mol. The Bertz CT molecular complexity index is 978. The first kappa shape index (κ1) is 18.7. The third kappa shape index (κ3) is 3.21. The van der Waals surface area contributed by atoms with Crippen LogP contribution >= 0.6 is 0 Å². The molecule has 0 radical (unpaired) electrons. The highest BCUT2D eigenvalue weighted by atomic mass is 19.4. The van der Waals surface area contributed by atoms with Gasteiger partial charge in [0, 0.05) is 24.2 Å². The third-order valence-electron chi connectivity index (χ3n) is 5.28. The summed E-state index contributed by atoms with van der Waals surface area (Å²) < 4.78 is 57.0. The van der Waals surface area contributed by atoms with E-state index < -0.39 is 17.7 Å². The van der Waals surface area contributed by atoms with Crippen LogP contribution in [0.2, 0.25) is 0 Å². The molecule has 1 aromatic carbocycles. The summed E-state index contributed by atoms with van der Waals surface area (Å²) in [5.41, 5.74) is -0.0313. The molecular formula is C20H20F4N4. The fraction of sp³-hybridized carbons (Fsp3) is 0.400. The normalized spacial score (nSPS) is 18.0. The van der Waals surface area contributed by atoms with Gasteiger partial charge in [-0.1, -0.05) is 6.92 Å². The highest BCUT2D eigenvalue weighted by Crippen LogP contribution is 2.44. The molecule has 8 heteroatoms. The van der Waals surface area contributed by atoms with Crippen molar-refractivity contribution in [2.45, 2.75) is 44.8 Å². The number of anilines is 1. The summed E-state index contributed by atoms with van der Waals surface area (Å²) in [5, 5.41) is 3.89. The van der Waals surface area contributed by atoms with Gasteiger partial charge < -0.3 is 4.90 Å². The van der Waals surface area contributed by atoms with Gasteiger partial charge >= 0.3 is 6.18 Å². The minimum Gasteiger partial charge on any atom is -0.365 e. The molecule has 0 bridgehead atoms. The number of alkyl halides is 3. The highest BCUT2D eigenvalue weighted by Gasteiger charge is 2.42. The average Bonchev–Trinajstić information content (AvgIpc) is 3.14. The Morgan fingerprint density at radius 1 is 1.11 bits per heavy atom. The van der Waals surface area contributed by atoms with Crippen LogP contribution in [0.4, 0.5) is 23.2 Å². The molecule has 3 heterocycles. The molecule has 148 valence electrons. The number of rotatable bonds is 3. The minimum absolute atomic E-state index is 0.0103. The summed E-state index contributed by atoms with van der Waals surface area (Å²) in [7, 11) is 0. The van der Waals surface area contributed by atoms with Crippen LogP contribution in [-0.2, 0) is 6.18 Å². The van der Waals surface area contributed by atoms with E-state index in [2.05, 4.69) is 10.1 Å². The maximum Gasteiger partial charge on any atom is 0.435 e. The number of piperidine rings is 1. The molecule has 1 aliphatic heterocycles. The van der Waals surface area contributed by atoms with Crippen molar-refractivity contribution in [1.29, 1.82) is 0 Å². The van der Waals surface area contributed by atoms with Crippen molar-refractivity contribution >= 4 is 11.3 Å². The van der Waals surface area contributed by atoms with Crippen molar-refractivity contribution in [1.82, 2.24) is 14.6 Å². The first-order valence-electron chi connectivity index (χ1n) is 9.37. The average molecular weight is 392 g/mol. The summed E-state index contributed by atoms with van der Waals surface area (Å²) in [4.78, 5) is 6.31. The van der Waals surface area contributed by atoms with Gasteiger partial charge in [-0.2, -0.15) is 18.3 Å². The molecule has 2 aromatic heterocycles. The van der Waals surface area contributed by atoms with Gasteiger partial charge in [0.25, 0.3) is 0 Å². The first-order chi connectivity index (χ1) is 13.4. The monoisotopic (exact) mass is 392 g/mol. The number of aromatic nitrogens is 3. The van der Waals surface area contributed by atoms with Crippen LogP contribution in [0, 0.1) is 5.82 Å². The van der Waals surface area contributed by atoms with Gasteiger partial charge in [-0.15, -0.1) is 0 Å². The molecule has 1 unspecified atom stereocenters. The van der Waals surface area contributed by atoms with E-state index in [1.54, 1.807) is 0 Å².